The Labute approximate surface area is 168 Å². The summed E-state index contributed by atoms with van der Waals surface area (Å²) in [5.74, 6) is -0.421. The number of aromatic amines is 1. The van der Waals surface area contributed by atoms with Gasteiger partial charge in [-0.15, -0.1) is 0 Å². The highest BCUT2D eigenvalue weighted by Gasteiger charge is 2.35. The van der Waals surface area contributed by atoms with Crippen molar-refractivity contribution in [2.24, 2.45) is 5.92 Å². The Morgan fingerprint density at radius 2 is 2.11 bits per heavy atom. The molecule has 0 saturated carbocycles. The summed E-state index contributed by atoms with van der Waals surface area (Å²) in [6.07, 6.45) is 2.97. The molecule has 4 rings (SSSR count). The number of amides is 2. The zero-order valence-electron chi connectivity index (χ0n) is 15.7. The van der Waals surface area contributed by atoms with Crippen molar-refractivity contribution in [3.8, 4) is 0 Å². The molecule has 0 bridgehead atoms. The summed E-state index contributed by atoms with van der Waals surface area (Å²) in [5, 5.41) is 4.81. The Balaban J connectivity index is 1.36. The van der Waals surface area contributed by atoms with Gasteiger partial charge in [-0.05, 0) is 48.7 Å². The molecule has 6 heteroatoms. The van der Waals surface area contributed by atoms with Crippen molar-refractivity contribution >= 4 is 40.0 Å². The first-order chi connectivity index (χ1) is 13.5. The first-order valence-corrected chi connectivity index (χ1v) is 9.80. The Kier molecular flexibility index (Phi) is 5.09. The standard InChI is InChI=1S/C22H22ClN3O2/c1-14-10-17(23)6-7-20(14)26-13-16(11-21(26)27)22(28)24-9-8-15-12-25-19-5-3-2-4-18(15)19/h2-7,10,12,16,25H,8-9,11,13H2,1H3,(H,24,28). The first kappa shape index (κ1) is 18.6. The number of anilines is 1. The number of aromatic nitrogens is 1. The number of nitrogens with zero attached hydrogens (tertiary/aromatic N) is 1. The predicted octanol–water partition coefficient (Wildman–Crippen LogP) is 3.84. The number of benzene rings is 2. The summed E-state index contributed by atoms with van der Waals surface area (Å²) >= 11 is 6.01. The normalized spacial score (nSPS) is 16.7. The van der Waals surface area contributed by atoms with Crippen LogP contribution in [-0.2, 0) is 16.0 Å². The van der Waals surface area contributed by atoms with Gasteiger partial charge in [-0.1, -0.05) is 29.8 Å². The maximum Gasteiger partial charge on any atom is 0.227 e. The van der Waals surface area contributed by atoms with E-state index in [0.29, 0.717) is 18.1 Å². The Morgan fingerprint density at radius 1 is 1.29 bits per heavy atom. The van der Waals surface area contributed by atoms with E-state index in [0.717, 1.165) is 23.2 Å². The lowest BCUT2D eigenvalue weighted by Crippen LogP contribution is -2.34. The van der Waals surface area contributed by atoms with Gasteiger partial charge in [0.05, 0.1) is 5.92 Å². The molecule has 28 heavy (non-hydrogen) atoms. The SMILES string of the molecule is Cc1cc(Cl)ccc1N1CC(C(=O)NCCc2c[nH]c3ccccc23)CC1=O. The van der Waals surface area contributed by atoms with Crippen LogP contribution in [0.5, 0.6) is 0 Å². The lowest BCUT2D eigenvalue weighted by molar-refractivity contribution is -0.126. The topological polar surface area (TPSA) is 65.2 Å². The molecule has 2 N–H and O–H groups in total. The quantitative estimate of drug-likeness (QED) is 0.689. The number of para-hydroxylation sites is 1. The van der Waals surface area contributed by atoms with Crippen molar-refractivity contribution in [2.75, 3.05) is 18.0 Å². The van der Waals surface area contributed by atoms with E-state index >= 15 is 0 Å². The maximum atomic E-state index is 12.6. The molecule has 0 radical (unpaired) electrons. The third kappa shape index (κ3) is 3.62. The number of fused-ring (bicyclic) bond motifs is 1. The van der Waals surface area contributed by atoms with Crippen LogP contribution in [0.3, 0.4) is 0 Å². The zero-order chi connectivity index (χ0) is 19.7. The molecule has 1 atom stereocenters. The van der Waals surface area contributed by atoms with Gasteiger partial charge < -0.3 is 15.2 Å². The highest BCUT2D eigenvalue weighted by atomic mass is 35.5. The number of hydrogen-bond donors (Lipinski definition) is 2. The van der Waals surface area contributed by atoms with Crippen molar-refractivity contribution in [1.82, 2.24) is 10.3 Å². The molecule has 144 valence electrons. The molecule has 0 aliphatic carbocycles. The summed E-state index contributed by atoms with van der Waals surface area (Å²) in [5.41, 5.74) is 4.03. The fourth-order valence-electron chi connectivity index (χ4n) is 3.84. The fraction of sp³-hybridized carbons (Fsp3) is 0.273. The van der Waals surface area contributed by atoms with Crippen LogP contribution in [0.25, 0.3) is 10.9 Å². The number of nitrogens with one attached hydrogen (secondary N) is 2. The number of rotatable bonds is 5. The van der Waals surface area contributed by atoms with Crippen LogP contribution in [0.1, 0.15) is 17.5 Å². The van der Waals surface area contributed by atoms with E-state index in [2.05, 4.69) is 16.4 Å². The second-order valence-corrected chi connectivity index (χ2v) is 7.67. The second-order valence-electron chi connectivity index (χ2n) is 7.24. The summed E-state index contributed by atoms with van der Waals surface area (Å²) < 4.78 is 0. The summed E-state index contributed by atoms with van der Waals surface area (Å²) in [4.78, 5) is 30.0. The number of H-pyrrole nitrogens is 1. The van der Waals surface area contributed by atoms with E-state index in [-0.39, 0.29) is 24.2 Å². The van der Waals surface area contributed by atoms with Crippen LogP contribution in [0.2, 0.25) is 5.02 Å². The van der Waals surface area contributed by atoms with Crippen molar-refractivity contribution in [3.05, 3.63) is 64.8 Å². The zero-order valence-corrected chi connectivity index (χ0v) is 16.4. The van der Waals surface area contributed by atoms with Crippen molar-refractivity contribution in [1.29, 1.82) is 0 Å². The number of aryl methyl sites for hydroxylation is 1. The Morgan fingerprint density at radius 3 is 2.93 bits per heavy atom. The van der Waals surface area contributed by atoms with Crippen molar-refractivity contribution in [3.63, 3.8) is 0 Å². The number of hydrogen-bond acceptors (Lipinski definition) is 2. The van der Waals surface area contributed by atoms with E-state index in [9.17, 15) is 9.59 Å². The molecule has 2 heterocycles. The third-order valence-electron chi connectivity index (χ3n) is 5.31. The lowest BCUT2D eigenvalue weighted by atomic mass is 10.1. The van der Waals surface area contributed by atoms with E-state index < -0.39 is 0 Å². The van der Waals surface area contributed by atoms with Crippen LogP contribution < -0.4 is 10.2 Å². The average Bonchev–Trinajstić information content (AvgIpc) is 3.26. The molecule has 5 nitrogen and oxygen atoms in total. The molecule has 1 aliphatic rings. The molecular formula is C22H22ClN3O2. The molecule has 1 saturated heterocycles. The molecule has 0 spiro atoms. The molecular weight excluding hydrogens is 374 g/mol. The molecule has 1 unspecified atom stereocenters. The van der Waals surface area contributed by atoms with Crippen LogP contribution in [0, 0.1) is 12.8 Å². The largest absolute Gasteiger partial charge is 0.361 e. The molecule has 2 amide bonds. The van der Waals surface area contributed by atoms with Gasteiger partial charge in [-0.3, -0.25) is 9.59 Å². The van der Waals surface area contributed by atoms with E-state index in [4.69, 9.17) is 11.6 Å². The van der Waals surface area contributed by atoms with Gasteiger partial charge in [0.2, 0.25) is 11.8 Å². The van der Waals surface area contributed by atoms with Gasteiger partial charge in [-0.25, -0.2) is 0 Å². The minimum Gasteiger partial charge on any atom is -0.361 e. The highest BCUT2D eigenvalue weighted by Crippen LogP contribution is 2.29. The third-order valence-corrected chi connectivity index (χ3v) is 5.55. The monoisotopic (exact) mass is 395 g/mol. The van der Waals surface area contributed by atoms with Gasteiger partial charge in [0.15, 0.2) is 0 Å². The molecule has 3 aromatic rings. The van der Waals surface area contributed by atoms with Crippen LogP contribution in [0.15, 0.2) is 48.7 Å². The second kappa shape index (κ2) is 7.68. The van der Waals surface area contributed by atoms with Gasteiger partial charge >= 0.3 is 0 Å². The molecule has 1 aliphatic heterocycles. The van der Waals surface area contributed by atoms with Gasteiger partial charge in [-0.2, -0.15) is 0 Å². The summed E-state index contributed by atoms with van der Waals surface area (Å²) in [6, 6.07) is 13.6. The molecule has 1 aromatic heterocycles. The number of carbonyl (C=O) groups excluding carboxylic acids is 2. The Hall–Kier alpha value is -2.79. The van der Waals surface area contributed by atoms with Crippen LogP contribution >= 0.6 is 11.6 Å². The summed E-state index contributed by atoms with van der Waals surface area (Å²) in [7, 11) is 0. The minimum absolute atomic E-state index is 0.0257. The van der Waals surface area contributed by atoms with Gasteiger partial charge in [0.25, 0.3) is 0 Å². The van der Waals surface area contributed by atoms with Gasteiger partial charge in [0.1, 0.15) is 0 Å². The van der Waals surface area contributed by atoms with Crippen molar-refractivity contribution < 1.29 is 9.59 Å². The predicted molar refractivity (Wildman–Crippen MR) is 112 cm³/mol. The average molecular weight is 396 g/mol. The smallest absolute Gasteiger partial charge is 0.227 e. The highest BCUT2D eigenvalue weighted by molar-refractivity contribution is 6.30. The molecule has 2 aromatic carbocycles. The first-order valence-electron chi connectivity index (χ1n) is 9.42. The Bertz CT molecular complexity index is 1040. The van der Waals surface area contributed by atoms with E-state index in [1.54, 1.807) is 11.0 Å². The lowest BCUT2D eigenvalue weighted by Gasteiger charge is -2.19. The van der Waals surface area contributed by atoms with Crippen LogP contribution in [-0.4, -0.2) is 29.9 Å². The summed E-state index contributed by atoms with van der Waals surface area (Å²) in [6.45, 7) is 2.87. The minimum atomic E-state index is -0.328. The number of halogens is 1. The van der Waals surface area contributed by atoms with Crippen molar-refractivity contribution in [2.45, 2.75) is 19.8 Å². The van der Waals surface area contributed by atoms with Crippen LogP contribution in [0.4, 0.5) is 5.69 Å². The fourth-order valence-corrected chi connectivity index (χ4v) is 4.07. The van der Waals surface area contributed by atoms with E-state index in [1.807, 2.05) is 43.5 Å². The molecule has 1 fully saturated rings. The van der Waals surface area contributed by atoms with E-state index in [1.165, 1.54) is 10.9 Å². The number of carbonyl (C=O) groups is 2. The van der Waals surface area contributed by atoms with Gasteiger partial charge in [0, 0.05) is 47.3 Å². The maximum absolute atomic E-state index is 12.6.